The lowest BCUT2D eigenvalue weighted by molar-refractivity contribution is 0.245. The zero-order valence-corrected chi connectivity index (χ0v) is 7.90. The number of hydrogen-bond acceptors (Lipinski definition) is 2. The molecule has 1 atom stereocenters. The van der Waals surface area contributed by atoms with Crippen LogP contribution in [0, 0.1) is 5.92 Å². The van der Waals surface area contributed by atoms with Gasteiger partial charge in [-0.2, -0.15) is 5.90 Å². The molecule has 0 rings (SSSR count). The van der Waals surface area contributed by atoms with Crippen LogP contribution < -0.4 is 5.90 Å². The predicted octanol–water partition coefficient (Wildman–Crippen LogP) is 2.78. The summed E-state index contributed by atoms with van der Waals surface area (Å²) in [5, 5.41) is 0.285. The zero-order valence-electron chi connectivity index (χ0n) is 7.14. The average Bonchev–Trinajstić information content (AvgIpc) is 2.04. The van der Waals surface area contributed by atoms with Gasteiger partial charge in [-0.3, -0.25) is 0 Å². The van der Waals surface area contributed by atoms with Gasteiger partial charge in [0, 0.05) is 0 Å². The van der Waals surface area contributed by atoms with Crippen molar-refractivity contribution in [1.82, 2.24) is 0 Å². The summed E-state index contributed by atoms with van der Waals surface area (Å²) in [6, 6.07) is 0. The van der Waals surface area contributed by atoms with Gasteiger partial charge in [-0.05, 0) is 36.4 Å². The van der Waals surface area contributed by atoms with Gasteiger partial charge in [0.15, 0.2) is 0 Å². The van der Waals surface area contributed by atoms with Crippen LogP contribution in [0.2, 0.25) is 0 Å². The van der Waals surface area contributed by atoms with Crippen molar-refractivity contribution < 1.29 is 4.84 Å². The highest BCUT2D eigenvalue weighted by molar-refractivity contribution is 6.28. The molecule has 2 N–H and O–H groups in total. The molecule has 0 radical (unpaired) electrons. The van der Waals surface area contributed by atoms with Gasteiger partial charge < -0.3 is 4.84 Å². The predicted molar refractivity (Wildman–Crippen MR) is 47.9 cm³/mol. The maximum Gasteiger partial charge on any atom is 0.209 e. The van der Waals surface area contributed by atoms with E-state index >= 15 is 0 Å². The molecule has 0 aromatic carbocycles. The molecule has 0 heterocycles. The molecule has 0 aromatic rings. The lowest BCUT2D eigenvalue weighted by atomic mass is 10.0. The molecule has 3 heteroatoms. The Morgan fingerprint density at radius 1 is 1.73 bits per heavy atom. The number of hydrogen-bond donors (Lipinski definition) is 1. The van der Waals surface area contributed by atoms with Gasteiger partial charge >= 0.3 is 0 Å². The molecule has 0 aliphatic heterocycles. The van der Waals surface area contributed by atoms with Crippen molar-refractivity contribution >= 4 is 11.6 Å². The molecule has 0 saturated heterocycles. The van der Waals surface area contributed by atoms with Crippen molar-refractivity contribution in [2.24, 2.45) is 11.8 Å². The van der Waals surface area contributed by atoms with E-state index < -0.39 is 0 Å². The molecule has 0 aliphatic carbocycles. The van der Waals surface area contributed by atoms with Crippen LogP contribution in [0.25, 0.3) is 0 Å². The van der Waals surface area contributed by atoms with E-state index in [9.17, 15) is 0 Å². The molecule has 11 heavy (non-hydrogen) atoms. The smallest absolute Gasteiger partial charge is 0.209 e. The first kappa shape index (κ1) is 10.8. The van der Waals surface area contributed by atoms with Crippen LogP contribution in [-0.2, 0) is 4.84 Å². The van der Waals surface area contributed by atoms with Crippen LogP contribution in [0.5, 0.6) is 0 Å². The third kappa shape index (κ3) is 6.20. The SMILES string of the molecule is CCC(C)CC/C=C(/Cl)ON. The molecule has 66 valence electrons. The zero-order chi connectivity index (χ0) is 8.69. The Morgan fingerprint density at radius 3 is 2.82 bits per heavy atom. The fourth-order valence-corrected chi connectivity index (χ4v) is 0.843. The molecule has 0 bridgehead atoms. The summed E-state index contributed by atoms with van der Waals surface area (Å²) in [7, 11) is 0. The van der Waals surface area contributed by atoms with Crippen molar-refractivity contribution in [3.63, 3.8) is 0 Å². The lowest BCUT2D eigenvalue weighted by Gasteiger charge is -2.04. The Hall–Kier alpha value is -0.210. The first-order valence-corrected chi connectivity index (χ1v) is 4.30. The third-order valence-corrected chi connectivity index (χ3v) is 2.02. The number of nitrogens with two attached hydrogens (primary N) is 1. The van der Waals surface area contributed by atoms with Crippen LogP contribution in [0.4, 0.5) is 0 Å². The maximum absolute atomic E-state index is 5.51. The molecule has 0 amide bonds. The van der Waals surface area contributed by atoms with Gasteiger partial charge in [-0.25, -0.2) is 0 Å². The highest BCUT2D eigenvalue weighted by atomic mass is 35.5. The average molecular weight is 178 g/mol. The van der Waals surface area contributed by atoms with E-state index in [2.05, 4.69) is 18.7 Å². The standard InChI is InChI=1S/C8H16ClNO/c1-3-7(2)5-4-6-8(9)11-10/h6-7H,3-5,10H2,1-2H3/b8-6-. The van der Waals surface area contributed by atoms with Gasteiger partial charge in [0.1, 0.15) is 0 Å². The van der Waals surface area contributed by atoms with E-state index in [0.29, 0.717) is 0 Å². The van der Waals surface area contributed by atoms with Crippen molar-refractivity contribution in [3.05, 3.63) is 11.3 Å². The maximum atomic E-state index is 5.51. The Balaban J connectivity index is 3.39. The number of rotatable bonds is 5. The van der Waals surface area contributed by atoms with Crippen molar-refractivity contribution in [1.29, 1.82) is 0 Å². The molecule has 1 unspecified atom stereocenters. The number of allylic oxidation sites excluding steroid dienone is 1. The summed E-state index contributed by atoms with van der Waals surface area (Å²) in [6.07, 6.45) is 5.07. The summed E-state index contributed by atoms with van der Waals surface area (Å²) in [5.74, 6) is 5.57. The molecule has 0 aromatic heterocycles. The second-order valence-electron chi connectivity index (χ2n) is 2.72. The number of halogens is 1. The highest BCUT2D eigenvalue weighted by Gasteiger charge is 1.96. The summed E-state index contributed by atoms with van der Waals surface area (Å²) in [4.78, 5) is 4.29. The van der Waals surface area contributed by atoms with Crippen molar-refractivity contribution in [2.75, 3.05) is 0 Å². The van der Waals surface area contributed by atoms with Gasteiger partial charge in [0.25, 0.3) is 0 Å². The van der Waals surface area contributed by atoms with E-state index in [4.69, 9.17) is 17.5 Å². The molecule has 0 fully saturated rings. The van der Waals surface area contributed by atoms with Crippen LogP contribution in [0.3, 0.4) is 0 Å². The van der Waals surface area contributed by atoms with Crippen LogP contribution in [0.15, 0.2) is 11.3 Å². The van der Waals surface area contributed by atoms with Crippen molar-refractivity contribution in [3.8, 4) is 0 Å². The Labute approximate surface area is 73.3 Å². The second kappa shape index (κ2) is 6.50. The van der Waals surface area contributed by atoms with E-state index in [1.54, 1.807) is 6.08 Å². The topological polar surface area (TPSA) is 35.2 Å². The quantitative estimate of drug-likeness (QED) is 0.518. The third-order valence-electron chi connectivity index (χ3n) is 1.77. The van der Waals surface area contributed by atoms with Crippen LogP contribution >= 0.6 is 11.6 Å². The van der Waals surface area contributed by atoms with E-state index in [0.717, 1.165) is 18.8 Å². The largest absolute Gasteiger partial charge is 0.399 e. The van der Waals surface area contributed by atoms with Gasteiger partial charge in [0.05, 0.1) is 0 Å². The van der Waals surface area contributed by atoms with Gasteiger partial charge in [-0.1, -0.05) is 20.3 Å². The van der Waals surface area contributed by atoms with Gasteiger partial charge in [-0.15, -0.1) is 0 Å². The second-order valence-corrected chi connectivity index (χ2v) is 3.09. The van der Waals surface area contributed by atoms with Gasteiger partial charge in [0.2, 0.25) is 5.22 Å². The first-order chi connectivity index (χ1) is 5.20. The van der Waals surface area contributed by atoms with E-state index in [-0.39, 0.29) is 5.22 Å². The molecule has 2 nitrogen and oxygen atoms in total. The van der Waals surface area contributed by atoms with Crippen molar-refractivity contribution in [2.45, 2.75) is 33.1 Å². The molecular formula is C8H16ClNO. The minimum absolute atomic E-state index is 0.285. The molecular weight excluding hydrogens is 162 g/mol. The fourth-order valence-electron chi connectivity index (χ4n) is 0.734. The van der Waals surface area contributed by atoms with E-state index in [1.807, 2.05) is 0 Å². The summed E-state index contributed by atoms with van der Waals surface area (Å²) in [6.45, 7) is 4.39. The van der Waals surface area contributed by atoms with Crippen LogP contribution in [0.1, 0.15) is 33.1 Å². The summed E-state index contributed by atoms with van der Waals surface area (Å²) in [5.41, 5.74) is 0. The fraction of sp³-hybridized carbons (Fsp3) is 0.750. The normalized spacial score (nSPS) is 14.7. The molecule has 0 spiro atoms. The Morgan fingerprint density at radius 2 is 2.36 bits per heavy atom. The molecule has 0 aliphatic rings. The summed E-state index contributed by atoms with van der Waals surface area (Å²) < 4.78 is 0. The Kier molecular flexibility index (Phi) is 6.37. The summed E-state index contributed by atoms with van der Waals surface area (Å²) >= 11 is 5.51. The van der Waals surface area contributed by atoms with E-state index in [1.165, 1.54) is 6.42 Å². The minimum Gasteiger partial charge on any atom is -0.399 e. The minimum atomic E-state index is 0.285. The monoisotopic (exact) mass is 177 g/mol. The van der Waals surface area contributed by atoms with Crippen LogP contribution in [-0.4, -0.2) is 0 Å². The Bertz CT molecular complexity index is 125. The molecule has 0 saturated carbocycles. The lowest BCUT2D eigenvalue weighted by Crippen LogP contribution is -1.94. The highest BCUT2D eigenvalue weighted by Crippen LogP contribution is 2.11. The first-order valence-electron chi connectivity index (χ1n) is 3.93.